The molecule has 4 aliphatic rings. The molecular weight excluding hydrogens is 751 g/mol. The van der Waals surface area contributed by atoms with E-state index < -0.39 is 12.1 Å². The number of carboxylic acid groups (broad SMARTS) is 1. The summed E-state index contributed by atoms with van der Waals surface area (Å²) < 4.78 is 7.31. The molecule has 0 bridgehead atoms. The van der Waals surface area contributed by atoms with Crippen LogP contribution in [0.25, 0.3) is 11.1 Å². The van der Waals surface area contributed by atoms with Crippen LogP contribution in [0.2, 0.25) is 0 Å². The molecule has 4 N–H and O–H groups in total. The zero-order valence-corrected chi connectivity index (χ0v) is 33.8. The molecule has 0 saturated heterocycles. The molecule has 51 heavy (non-hydrogen) atoms. The molecular formula is C44H65IO6. The Morgan fingerprint density at radius 2 is 1.63 bits per heavy atom. The fourth-order valence-electron chi connectivity index (χ4n) is 11.3. The highest BCUT2D eigenvalue weighted by atomic mass is 127. The normalized spacial score (nSPS) is 34.7. The smallest absolute Gasteiger partial charge is 0.303 e. The van der Waals surface area contributed by atoms with E-state index in [4.69, 9.17) is 9.84 Å². The maximum absolute atomic E-state index is 11.5. The molecule has 6 nitrogen and oxygen atoms in total. The summed E-state index contributed by atoms with van der Waals surface area (Å²) in [6.45, 7) is 9.79. The molecule has 0 aromatic heterocycles. The summed E-state index contributed by atoms with van der Waals surface area (Å²) in [7, 11) is 0. The molecule has 2 aromatic rings. The van der Waals surface area contributed by atoms with E-state index in [-0.39, 0.29) is 41.3 Å². The molecule has 4 fully saturated rings. The van der Waals surface area contributed by atoms with Gasteiger partial charge in [0.15, 0.2) is 0 Å². The van der Waals surface area contributed by atoms with Crippen LogP contribution >= 0.6 is 22.6 Å². The highest BCUT2D eigenvalue weighted by molar-refractivity contribution is 14.1. The van der Waals surface area contributed by atoms with Crippen molar-refractivity contribution in [3.8, 4) is 16.9 Å². The predicted molar refractivity (Wildman–Crippen MR) is 214 cm³/mol. The lowest BCUT2D eigenvalue weighted by Crippen LogP contribution is -2.62. The Balaban J connectivity index is 0.000000206. The highest BCUT2D eigenvalue weighted by Gasteiger charge is 2.65. The van der Waals surface area contributed by atoms with Gasteiger partial charge in [-0.25, -0.2) is 0 Å². The van der Waals surface area contributed by atoms with Crippen molar-refractivity contribution in [2.45, 2.75) is 142 Å². The van der Waals surface area contributed by atoms with E-state index >= 15 is 0 Å². The van der Waals surface area contributed by atoms with Crippen molar-refractivity contribution in [3.63, 3.8) is 0 Å². The Hall–Kier alpha value is -1.68. The molecule has 0 heterocycles. The maximum atomic E-state index is 11.5. The molecule has 0 spiro atoms. The number of aliphatic carboxylic acids is 1. The number of aliphatic hydroxyl groups excluding tert-OH is 3. The van der Waals surface area contributed by atoms with Gasteiger partial charge < -0.3 is 25.2 Å². The van der Waals surface area contributed by atoms with Crippen LogP contribution in [0.3, 0.4) is 0 Å². The lowest BCUT2D eigenvalue weighted by atomic mass is 9.43. The summed E-state index contributed by atoms with van der Waals surface area (Å²) in [4.78, 5) is 11.1. The third-order valence-electron chi connectivity index (χ3n) is 14.1. The van der Waals surface area contributed by atoms with E-state index in [9.17, 15) is 20.1 Å². The molecule has 284 valence electrons. The number of ether oxygens (including phenoxy) is 1. The van der Waals surface area contributed by atoms with Gasteiger partial charge in [-0.05, 0) is 144 Å². The molecule has 2 aromatic carbocycles. The third-order valence-corrected chi connectivity index (χ3v) is 15.0. The second kappa shape index (κ2) is 18.1. The molecule has 4 aliphatic carbocycles. The first-order valence-corrected chi connectivity index (χ1v) is 21.2. The Morgan fingerprint density at radius 1 is 0.902 bits per heavy atom. The van der Waals surface area contributed by atoms with E-state index in [1.54, 1.807) is 0 Å². The molecule has 7 heteroatoms. The van der Waals surface area contributed by atoms with Crippen LogP contribution in [-0.4, -0.2) is 51.3 Å². The van der Waals surface area contributed by atoms with Crippen LogP contribution in [-0.2, 0) is 4.79 Å². The van der Waals surface area contributed by atoms with Gasteiger partial charge in [0.25, 0.3) is 0 Å². The Labute approximate surface area is 321 Å². The van der Waals surface area contributed by atoms with Crippen molar-refractivity contribution in [2.24, 2.45) is 46.3 Å². The van der Waals surface area contributed by atoms with Crippen LogP contribution in [0.1, 0.15) is 124 Å². The topological polar surface area (TPSA) is 107 Å². The van der Waals surface area contributed by atoms with Crippen molar-refractivity contribution >= 4 is 28.6 Å². The summed E-state index contributed by atoms with van der Waals surface area (Å²) in [6.07, 6.45) is 13.8. The average molecular weight is 817 g/mol. The van der Waals surface area contributed by atoms with Crippen molar-refractivity contribution in [2.75, 3.05) is 6.61 Å². The Morgan fingerprint density at radius 3 is 2.35 bits per heavy atom. The second-order valence-electron chi connectivity index (χ2n) is 17.0. The lowest BCUT2D eigenvalue weighted by Gasteiger charge is -2.63. The number of carboxylic acids is 1. The van der Waals surface area contributed by atoms with Crippen LogP contribution in [0, 0.1) is 49.9 Å². The van der Waals surface area contributed by atoms with Gasteiger partial charge in [-0.1, -0.05) is 96.2 Å². The van der Waals surface area contributed by atoms with Crippen molar-refractivity contribution in [3.05, 3.63) is 52.1 Å². The molecule has 3 unspecified atom stereocenters. The van der Waals surface area contributed by atoms with Gasteiger partial charge in [-0.15, -0.1) is 0 Å². The first kappa shape index (κ1) is 40.5. The van der Waals surface area contributed by atoms with E-state index in [2.05, 4.69) is 98.8 Å². The second-order valence-corrected chi connectivity index (χ2v) is 18.2. The van der Waals surface area contributed by atoms with Crippen LogP contribution in [0.15, 0.2) is 48.5 Å². The fraction of sp³-hybridized carbons (Fsp3) is 0.705. The first-order chi connectivity index (χ1) is 24.4. The number of rotatable bonds is 13. The number of hydrogen-bond acceptors (Lipinski definition) is 5. The number of fused-ring (bicyclic) bond motifs is 5. The van der Waals surface area contributed by atoms with Gasteiger partial charge in [0.1, 0.15) is 5.75 Å². The zero-order chi connectivity index (χ0) is 36.8. The maximum Gasteiger partial charge on any atom is 0.303 e. The van der Waals surface area contributed by atoms with Crippen molar-refractivity contribution in [1.29, 1.82) is 0 Å². The molecule has 0 aliphatic heterocycles. The van der Waals surface area contributed by atoms with Gasteiger partial charge >= 0.3 is 5.97 Å². The van der Waals surface area contributed by atoms with Crippen LogP contribution in [0.5, 0.6) is 5.75 Å². The average Bonchev–Trinajstić information content (AvgIpc) is 3.47. The number of benzene rings is 2. The number of unbranched alkanes of at least 4 members (excludes halogenated alkanes) is 5. The first-order valence-electron chi connectivity index (χ1n) is 20.1. The van der Waals surface area contributed by atoms with Gasteiger partial charge in [-0.2, -0.15) is 0 Å². The number of hydrogen-bond donors (Lipinski definition) is 4. The number of carbonyl (C=O) groups is 1. The van der Waals surface area contributed by atoms with Gasteiger partial charge in [0, 0.05) is 15.6 Å². The van der Waals surface area contributed by atoms with Crippen molar-refractivity contribution < 1.29 is 30.0 Å². The van der Waals surface area contributed by atoms with E-state index in [0.717, 1.165) is 63.7 Å². The monoisotopic (exact) mass is 816 g/mol. The van der Waals surface area contributed by atoms with Gasteiger partial charge in [-0.3, -0.25) is 4.79 Å². The van der Waals surface area contributed by atoms with Gasteiger partial charge in [0.05, 0.1) is 24.9 Å². The minimum Gasteiger partial charge on any atom is -0.493 e. The number of aliphatic hydroxyl groups is 3. The quantitative estimate of drug-likeness (QED) is 0.119. The molecule has 11 atom stereocenters. The minimum absolute atomic E-state index is 0.0957. The Kier molecular flexibility index (Phi) is 14.4. The fourth-order valence-corrected chi connectivity index (χ4v) is 12.0. The van der Waals surface area contributed by atoms with Crippen LogP contribution < -0.4 is 4.74 Å². The largest absolute Gasteiger partial charge is 0.493 e. The van der Waals surface area contributed by atoms with E-state index in [0.29, 0.717) is 30.1 Å². The molecule has 6 rings (SSSR count). The molecule has 0 radical (unpaired) electrons. The zero-order valence-electron chi connectivity index (χ0n) is 31.6. The van der Waals surface area contributed by atoms with Crippen LogP contribution in [0.4, 0.5) is 0 Å². The van der Waals surface area contributed by atoms with Gasteiger partial charge in [0.2, 0.25) is 0 Å². The SMILES string of the molecule is CCCCCCCCOc1cccc(I)c1-c1ccccc1.C[C@H](CCC(=O)O)[C@H]1CCC2C3C(C[C@H](O)[C@@]21C)[C@@]1(C)CC[C@@H](O)C[C@H]1C[C@H]3O. The summed E-state index contributed by atoms with van der Waals surface area (Å²) in [5.41, 5.74) is 2.30. The number of halogens is 1. The predicted octanol–water partition coefficient (Wildman–Crippen LogP) is 10.1. The standard InChI is InChI=1S/C24H40O5.C20H25IO/c1-13(4-7-21(28)29)16-5-6-17-22-18(12-20(27)24(16,17)3)23(2)9-8-15(25)10-14(23)11-19(22)26;1-2-3-4-5-6-10-16-22-19-15-11-14-18(21)20(19)17-12-8-7-9-13-17/h13-20,22,25-27H,4-12H2,1-3H3,(H,28,29);7-9,11-15H,2-6,10,16H2,1H3/t13-,14+,15-,16-,17?,18?,19-,20+,22?,23+,24-;/m1./s1. The lowest BCUT2D eigenvalue weighted by molar-refractivity contribution is -0.207. The summed E-state index contributed by atoms with van der Waals surface area (Å²) >= 11 is 2.39. The highest BCUT2D eigenvalue weighted by Crippen LogP contribution is 2.68. The minimum atomic E-state index is -0.748. The Bertz CT molecular complexity index is 1400. The summed E-state index contributed by atoms with van der Waals surface area (Å²) in [5, 5.41) is 42.0. The van der Waals surface area contributed by atoms with Crippen molar-refractivity contribution in [1.82, 2.24) is 0 Å². The third kappa shape index (κ3) is 9.00. The molecule has 4 saturated carbocycles. The summed E-state index contributed by atoms with van der Waals surface area (Å²) in [5.74, 6) is 2.00. The summed E-state index contributed by atoms with van der Waals surface area (Å²) in [6, 6.07) is 16.8. The molecule has 0 amide bonds. The van der Waals surface area contributed by atoms with E-state index in [1.165, 1.54) is 46.8 Å². The van der Waals surface area contributed by atoms with E-state index in [1.807, 2.05) is 0 Å².